The normalized spacial score (nSPS) is 10.1. The largest absolute Gasteiger partial charge is 0.503 e. The van der Waals surface area contributed by atoms with Gasteiger partial charge in [0.25, 0.3) is 0 Å². The molecule has 0 bridgehead atoms. The van der Waals surface area contributed by atoms with Crippen molar-refractivity contribution >= 4 is 5.78 Å². The van der Waals surface area contributed by atoms with E-state index >= 15 is 0 Å². The van der Waals surface area contributed by atoms with Gasteiger partial charge in [0.2, 0.25) is 5.82 Å². The molecule has 3 N–H and O–H groups in total. The van der Waals surface area contributed by atoms with Crippen molar-refractivity contribution in [3.63, 3.8) is 0 Å². The van der Waals surface area contributed by atoms with Crippen LogP contribution in [0.25, 0.3) is 0 Å². The maximum absolute atomic E-state index is 13.2. The van der Waals surface area contributed by atoms with Crippen LogP contribution in [0.5, 0.6) is 11.5 Å². The Labute approximate surface area is 84.3 Å². The number of ketones is 1. The number of Topliss-reactive ketones (excluding diaryl/α,β-unsaturated/α-hetero) is 1. The number of phenolic OH excluding ortho intramolecular Hbond substituents is 1. The summed E-state index contributed by atoms with van der Waals surface area (Å²) >= 11 is 0. The van der Waals surface area contributed by atoms with E-state index in [4.69, 9.17) is 10.8 Å². The molecule has 0 unspecified atom stereocenters. The number of ether oxygens (including phenoxy) is 1. The third-order valence-electron chi connectivity index (χ3n) is 1.84. The first-order valence-corrected chi connectivity index (χ1v) is 4.01. The predicted molar refractivity (Wildman–Crippen MR) is 48.0 cm³/mol. The number of carbonyl (C=O) groups excluding carboxylic acids is 1. The Balaban J connectivity index is 3.45. The number of halogens is 2. The Bertz CT molecular complexity index is 407. The average Bonchev–Trinajstić information content (AvgIpc) is 2.24. The van der Waals surface area contributed by atoms with E-state index in [0.29, 0.717) is 6.07 Å². The van der Waals surface area contributed by atoms with Crippen LogP contribution in [-0.4, -0.2) is 24.5 Å². The first-order chi connectivity index (χ1) is 7.02. The summed E-state index contributed by atoms with van der Waals surface area (Å²) in [5.74, 6) is -4.91. The topological polar surface area (TPSA) is 72.5 Å². The molecule has 0 aliphatic heterocycles. The zero-order chi connectivity index (χ0) is 11.6. The molecule has 1 aromatic rings. The number of aromatic hydroxyl groups is 1. The van der Waals surface area contributed by atoms with E-state index in [2.05, 4.69) is 4.74 Å². The average molecular weight is 217 g/mol. The van der Waals surface area contributed by atoms with Crippen molar-refractivity contribution in [2.45, 2.75) is 0 Å². The predicted octanol–water partition coefficient (Wildman–Crippen LogP) is 0.820. The minimum atomic E-state index is -1.31. The third-order valence-corrected chi connectivity index (χ3v) is 1.84. The highest BCUT2D eigenvalue weighted by molar-refractivity contribution is 6.00. The summed E-state index contributed by atoms with van der Waals surface area (Å²) < 4.78 is 30.7. The minimum absolute atomic E-state index is 0.326. The molecule has 0 aromatic heterocycles. The second kappa shape index (κ2) is 4.22. The Kier molecular flexibility index (Phi) is 3.21. The lowest BCUT2D eigenvalue weighted by Gasteiger charge is -2.09. The number of methoxy groups -OCH3 is 1. The highest BCUT2D eigenvalue weighted by atomic mass is 19.1. The summed E-state index contributed by atoms with van der Waals surface area (Å²) in [7, 11) is 1.10. The molecule has 0 saturated carbocycles. The Morgan fingerprint density at radius 1 is 1.60 bits per heavy atom. The lowest BCUT2D eigenvalue weighted by Crippen LogP contribution is -2.15. The number of nitrogens with two attached hydrogens (primary N) is 1. The first kappa shape index (κ1) is 11.4. The van der Waals surface area contributed by atoms with Crippen LogP contribution in [0, 0.1) is 11.6 Å². The molecule has 0 aliphatic carbocycles. The number of hydrogen-bond acceptors (Lipinski definition) is 4. The molecule has 1 aromatic carbocycles. The Hall–Kier alpha value is -1.69. The second-order valence-corrected chi connectivity index (χ2v) is 2.73. The van der Waals surface area contributed by atoms with Gasteiger partial charge in [-0.3, -0.25) is 4.79 Å². The van der Waals surface area contributed by atoms with Crippen LogP contribution in [-0.2, 0) is 0 Å². The lowest BCUT2D eigenvalue weighted by atomic mass is 10.1. The van der Waals surface area contributed by atoms with Gasteiger partial charge in [0.15, 0.2) is 23.1 Å². The van der Waals surface area contributed by atoms with Crippen LogP contribution in [0.15, 0.2) is 6.07 Å². The molecule has 82 valence electrons. The molecule has 0 aliphatic rings. The molecular formula is C9H9F2NO3. The molecule has 1 rings (SSSR count). The van der Waals surface area contributed by atoms with Crippen molar-refractivity contribution in [3.05, 3.63) is 23.3 Å². The maximum atomic E-state index is 13.2. The summed E-state index contributed by atoms with van der Waals surface area (Å²) in [5.41, 5.74) is 4.73. The number of rotatable bonds is 3. The molecule has 0 fully saturated rings. The fraction of sp³-hybridized carbons (Fsp3) is 0.222. The van der Waals surface area contributed by atoms with Gasteiger partial charge < -0.3 is 15.6 Å². The third kappa shape index (κ3) is 1.89. The van der Waals surface area contributed by atoms with Gasteiger partial charge in [-0.05, 0) is 6.07 Å². The van der Waals surface area contributed by atoms with Crippen molar-refractivity contribution in [1.82, 2.24) is 0 Å². The summed E-state index contributed by atoms with van der Waals surface area (Å²) in [5, 5.41) is 8.92. The highest BCUT2D eigenvalue weighted by Crippen LogP contribution is 2.32. The fourth-order valence-electron chi connectivity index (χ4n) is 1.11. The quantitative estimate of drug-likeness (QED) is 0.735. The van der Waals surface area contributed by atoms with E-state index in [-0.39, 0.29) is 5.56 Å². The van der Waals surface area contributed by atoms with Gasteiger partial charge in [-0.1, -0.05) is 0 Å². The van der Waals surface area contributed by atoms with E-state index in [1.807, 2.05) is 0 Å². The molecule has 4 nitrogen and oxygen atoms in total. The zero-order valence-corrected chi connectivity index (χ0v) is 7.88. The maximum Gasteiger partial charge on any atom is 0.210 e. The van der Waals surface area contributed by atoms with Crippen molar-refractivity contribution in [3.8, 4) is 11.5 Å². The lowest BCUT2D eigenvalue weighted by molar-refractivity contribution is 0.0997. The van der Waals surface area contributed by atoms with Crippen molar-refractivity contribution in [2.75, 3.05) is 13.7 Å². The molecule has 0 spiro atoms. The van der Waals surface area contributed by atoms with Crippen molar-refractivity contribution < 1.29 is 23.4 Å². The zero-order valence-electron chi connectivity index (χ0n) is 7.88. The summed E-state index contributed by atoms with van der Waals surface area (Å²) in [4.78, 5) is 11.2. The second-order valence-electron chi connectivity index (χ2n) is 2.73. The van der Waals surface area contributed by atoms with E-state index in [0.717, 1.165) is 7.11 Å². The summed E-state index contributed by atoms with van der Waals surface area (Å²) in [6.45, 7) is -0.403. The fourth-order valence-corrected chi connectivity index (χ4v) is 1.11. The van der Waals surface area contributed by atoms with Crippen LogP contribution in [0.1, 0.15) is 10.4 Å². The molecule has 6 heteroatoms. The number of hydrogen-bond donors (Lipinski definition) is 2. The smallest absolute Gasteiger partial charge is 0.210 e. The van der Waals surface area contributed by atoms with E-state index in [1.165, 1.54) is 0 Å². The highest BCUT2D eigenvalue weighted by Gasteiger charge is 2.22. The minimum Gasteiger partial charge on any atom is -0.503 e. The molecule has 0 radical (unpaired) electrons. The van der Waals surface area contributed by atoms with Crippen LogP contribution in [0.3, 0.4) is 0 Å². The van der Waals surface area contributed by atoms with Gasteiger partial charge in [-0.15, -0.1) is 0 Å². The van der Waals surface area contributed by atoms with Gasteiger partial charge >= 0.3 is 0 Å². The summed E-state index contributed by atoms with van der Waals surface area (Å²) in [6, 6.07) is 0.687. The van der Waals surface area contributed by atoms with Gasteiger partial charge in [-0.2, -0.15) is 4.39 Å². The first-order valence-electron chi connectivity index (χ1n) is 4.01. The van der Waals surface area contributed by atoms with Crippen molar-refractivity contribution in [2.24, 2.45) is 5.73 Å². The van der Waals surface area contributed by atoms with Gasteiger partial charge in [0, 0.05) is 0 Å². The molecule has 0 amide bonds. The monoisotopic (exact) mass is 217 g/mol. The van der Waals surface area contributed by atoms with Crippen LogP contribution < -0.4 is 10.5 Å². The Morgan fingerprint density at radius 2 is 2.20 bits per heavy atom. The van der Waals surface area contributed by atoms with E-state index < -0.39 is 35.5 Å². The van der Waals surface area contributed by atoms with Gasteiger partial charge in [0.1, 0.15) is 0 Å². The molecule has 0 heterocycles. The van der Waals surface area contributed by atoms with Crippen LogP contribution in [0.4, 0.5) is 8.78 Å². The van der Waals surface area contributed by atoms with E-state index in [9.17, 15) is 13.6 Å². The Morgan fingerprint density at radius 3 is 2.67 bits per heavy atom. The number of carbonyl (C=O) groups is 1. The van der Waals surface area contributed by atoms with Crippen LogP contribution in [0.2, 0.25) is 0 Å². The molecular weight excluding hydrogens is 208 g/mol. The van der Waals surface area contributed by atoms with Gasteiger partial charge in [-0.25, -0.2) is 4.39 Å². The SMILES string of the molecule is COc1c(C(=O)CN)cc(F)c(O)c1F. The molecule has 15 heavy (non-hydrogen) atoms. The van der Waals surface area contributed by atoms with Crippen molar-refractivity contribution in [1.29, 1.82) is 0 Å². The van der Waals surface area contributed by atoms with Gasteiger partial charge in [0.05, 0.1) is 19.2 Å². The molecule has 0 atom stereocenters. The standard InChI is InChI=1S/C9H9F2NO3/c1-15-9-4(6(13)3-12)2-5(10)8(14)7(9)11/h2,14H,3,12H2,1H3. The number of benzene rings is 1. The van der Waals surface area contributed by atoms with Crippen LogP contribution >= 0.6 is 0 Å². The summed E-state index contributed by atoms with van der Waals surface area (Å²) in [6.07, 6.45) is 0. The number of phenols is 1. The van der Waals surface area contributed by atoms with E-state index in [1.54, 1.807) is 0 Å². The molecule has 0 saturated heterocycles.